The molecule has 6 nitrogen and oxygen atoms in total. The molecule has 7 heteroatoms. The van der Waals surface area contributed by atoms with Gasteiger partial charge in [-0.1, -0.05) is 0 Å². The molecule has 2 rings (SSSR count). The molecule has 0 saturated carbocycles. The minimum Gasteiger partial charge on any atom is -0.320 e. The van der Waals surface area contributed by atoms with Crippen LogP contribution in [0.15, 0.2) is 24.3 Å². The van der Waals surface area contributed by atoms with E-state index < -0.39 is 4.92 Å². The fourth-order valence-electron chi connectivity index (χ4n) is 2.27. The lowest BCUT2D eigenvalue weighted by molar-refractivity contribution is -0.384. The fraction of sp³-hybridized carbons (Fsp3) is 0.500. The number of nitro groups is 1. The van der Waals surface area contributed by atoms with Crippen LogP contribution in [0.2, 0.25) is 0 Å². The average molecular weight is 309 g/mol. The van der Waals surface area contributed by atoms with Gasteiger partial charge < -0.3 is 4.90 Å². The number of rotatable bonds is 5. The molecule has 1 saturated heterocycles. The molecule has 1 aliphatic heterocycles. The molecule has 0 radical (unpaired) electrons. The van der Waals surface area contributed by atoms with Crippen LogP contribution in [-0.4, -0.2) is 39.8 Å². The van der Waals surface area contributed by atoms with E-state index in [1.54, 1.807) is 28.8 Å². The highest BCUT2D eigenvalue weighted by Crippen LogP contribution is 2.30. The van der Waals surface area contributed by atoms with E-state index in [1.165, 1.54) is 12.1 Å². The number of carbonyl (C=O) groups is 1. The smallest absolute Gasteiger partial charge is 0.269 e. The summed E-state index contributed by atoms with van der Waals surface area (Å²) in [5.41, 5.74) is 0.919. The number of nitrogens with one attached hydrogen (secondary N) is 1. The highest BCUT2D eigenvalue weighted by Gasteiger charge is 2.35. The number of carbonyl (C=O) groups excluding carboxylic acids is 1. The minimum atomic E-state index is -0.425. The van der Waals surface area contributed by atoms with Gasteiger partial charge in [-0.3, -0.25) is 20.2 Å². The number of benzene rings is 1. The van der Waals surface area contributed by atoms with E-state index in [2.05, 4.69) is 19.2 Å². The molecule has 1 amide bonds. The first-order valence-electron chi connectivity index (χ1n) is 6.66. The molecular weight excluding hydrogens is 290 g/mol. The molecule has 21 heavy (non-hydrogen) atoms. The van der Waals surface area contributed by atoms with Crippen molar-refractivity contribution in [1.29, 1.82) is 0 Å². The average Bonchev–Trinajstić information content (AvgIpc) is 2.80. The zero-order valence-electron chi connectivity index (χ0n) is 12.3. The van der Waals surface area contributed by atoms with E-state index in [-0.39, 0.29) is 22.5 Å². The monoisotopic (exact) mass is 309 g/mol. The van der Waals surface area contributed by atoms with E-state index in [4.69, 9.17) is 0 Å². The molecule has 0 bridgehead atoms. The van der Waals surface area contributed by atoms with Crippen LogP contribution in [0.25, 0.3) is 0 Å². The standard InChI is InChI=1S/C14H19N3O3S/c1-14(2,21-3)9-16-12(18)8-15-13(16)10-4-6-11(7-5-10)17(19)20/h4-7,13,15H,8-9H2,1-3H3. The maximum atomic E-state index is 12.1. The predicted octanol–water partition coefficient (Wildman–Crippen LogP) is 2.17. The Kier molecular flexibility index (Phi) is 4.53. The summed E-state index contributed by atoms with van der Waals surface area (Å²) in [6, 6.07) is 6.34. The lowest BCUT2D eigenvalue weighted by Gasteiger charge is -2.32. The number of thioether (sulfide) groups is 1. The molecule has 0 aromatic heterocycles. The Morgan fingerprint density at radius 3 is 2.57 bits per heavy atom. The van der Waals surface area contributed by atoms with Gasteiger partial charge in [-0.15, -0.1) is 0 Å². The first kappa shape index (κ1) is 15.8. The fourth-order valence-corrected chi connectivity index (χ4v) is 2.54. The Hall–Kier alpha value is -1.60. The van der Waals surface area contributed by atoms with Crippen molar-refractivity contribution in [3.05, 3.63) is 39.9 Å². The largest absolute Gasteiger partial charge is 0.320 e. The van der Waals surface area contributed by atoms with Gasteiger partial charge in [0, 0.05) is 23.4 Å². The van der Waals surface area contributed by atoms with Crippen molar-refractivity contribution in [2.24, 2.45) is 0 Å². The van der Waals surface area contributed by atoms with Crippen LogP contribution in [0, 0.1) is 10.1 Å². The number of hydrogen-bond acceptors (Lipinski definition) is 5. The first-order valence-corrected chi connectivity index (χ1v) is 7.89. The van der Waals surface area contributed by atoms with Gasteiger partial charge in [0.25, 0.3) is 5.69 Å². The molecule has 1 N–H and O–H groups in total. The van der Waals surface area contributed by atoms with E-state index >= 15 is 0 Å². The van der Waals surface area contributed by atoms with E-state index in [9.17, 15) is 14.9 Å². The Morgan fingerprint density at radius 2 is 2.05 bits per heavy atom. The zero-order chi connectivity index (χ0) is 15.6. The third-order valence-electron chi connectivity index (χ3n) is 3.60. The van der Waals surface area contributed by atoms with Gasteiger partial charge in [-0.2, -0.15) is 11.8 Å². The van der Waals surface area contributed by atoms with Crippen LogP contribution in [0.1, 0.15) is 25.6 Å². The van der Waals surface area contributed by atoms with E-state index in [0.717, 1.165) is 5.56 Å². The van der Waals surface area contributed by atoms with Crippen molar-refractivity contribution in [1.82, 2.24) is 10.2 Å². The lowest BCUT2D eigenvalue weighted by atomic mass is 10.1. The third-order valence-corrected chi connectivity index (χ3v) is 4.84. The summed E-state index contributed by atoms with van der Waals surface area (Å²) >= 11 is 1.71. The summed E-state index contributed by atoms with van der Waals surface area (Å²) < 4.78 is -0.0410. The van der Waals surface area contributed by atoms with Crippen molar-refractivity contribution < 1.29 is 9.72 Å². The second kappa shape index (κ2) is 6.03. The minimum absolute atomic E-state index is 0.0410. The Bertz CT molecular complexity index is 545. The number of hydrogen-bond donors (Lipinski definition) is 1. The summed E-state index contributed by atoms with van der Waals surface area (Å²) in [5.74, 6) is 0.0560. The van der Waals surface area contributed by atoms with Crippen LogP contribution in [-0.2, 0) is 4.79 Å². The maximum absolute atomic E-state index is 12.1. The Morgan fingerprint density at radius 1 is 1.43 bits per heavy atom. The molecule has 0 spiro atoms. The SMILES string of the molecule is CSC(C)(C)CN1C(=O)CNC1c1ccc([N+](=O)[O-])cc1. The molecule has 1 fully saturated rings. The molecule has 1 atom stereocenters. The van der Waals surface area contributed by atoms with Gasteiger partial charge >= 0.3 is 0 Å². The number of nitrogens with zero attached hydrogens (tertiary/aromatic N) is 2. The van der Waals surface area contributed by atoms with Gasteiger partial charge in [-0.05, 0) is 37.8 Å². The lowest BCUT2D eigenvalue weighted by Crippen LogP contribution is -2.40. The van der Waals surface area contributed by atoms with Gasteiger partial charge in [0.2, 0.25) is 5.91 Å². The molecule has 1 aromatic rings. The molecular formula is C14H19N3O3S. The zero-order valence-corrected chi connectivity index (χ0v) is 13.1. The quantitative estimate of drug-likeness (QED) is 0.666. The summed E-state index contributed by atoms with van der Waals surface area (Å²) in [6.07, 6.45) is 1.80. The highest BCUT2D eigenvalue weighted by molar-refractivity contribution is 7.99. The van der Waals surface area contributed by atoms with Crippen LogP contribution in [0.5, 0.6) is 0 Å². The predicted molar refractivity (Wildman–Crippen MR) is 83.1 cm³/mol. The van der Waals surface area contributed by atoms with E-state index in [0.29, 0.717) is 13.1 Å². The van der Waals surface area contributed by atoms with E-state index in [1.807, 2.05) is 6.26 Å². The molecule has 0 aliphatic carbocycles. The molecule has 114 valence electrons. The van der Waals surface area contributed by atoms with Crippen molar-refractivity contribution in [2.75, 3.05) is 19.3 Å². The van der Waals surface area contributed by atoms with Crippen molar-refractivity contribution >= 4 is 23.4 Å². The van der Waals surface area contributed by atoms with Gasteiger partial charge in [0.05, 0.1) is 11.5 Å². The summed E-state index contributed by atoms with van der Waals surface area (Å²) in [4.78, 5) is 24.2. The van der Waals surface area contributed by atoms with Crippen LogP contribution in [0.4, 0.5) is 5.69 Å². The molecule has 1 aromatic carbocycles. The first-order chi connectivity index (χ1) is 9.84. The Labute approximate surface area is 128 Å². The van der Waals surface area contributed by atoms with Gasteiger partial charge in [-0.25, -0.2) is 0 Å². The van der Waals surface area contributed by atoms with Crippen LogP contribution < -0.4 is 5.32 Å². The summed E-state index contributed by atoms with van der Waals surface area (Å²) in [6.45, 7) is 5.11. The third kappa shape index (κ3) is 3.54. The molecule has 1 unspecified atom stereocenters. The van der Waals surface area contributed by atoms with Crippen molar-refractivity contribution in [3.63, 3.8) is 0 Å². The number of amides is 1. The summed E-state index contributed by atoms with van der Waals surface area (Å²) in [5, 5.41) is 13.9. The maximum Gasteiger partial charge on any atom is 0.269 e. The van der Waals surface area contributed by atoms with Crippen LogP contribution in [0.3, 0.4) is 0 Å². The number of non-ortho nitro benzene ring substituents is 1. The topological polar surface area (TPSA) is 75.5 Å². The van der Waals surface area contributed by atoms with Crippen LogP contribution >= 0.6 is 11.8 Å². The van der Waals surface area contributed by atoms with Gasteiger partial charge in [0.15, 0.2) is 0 Å². The second-order valence-corrected chi connectivity index (χ2v) is 7.13. The highest BCUT2D eigenvalue weighted by atomic mass is 32.2. The van der Waals surface area contributed by atoms with Crippen molar-refractivity contribution in [2.45, 2.75) is 24.8 Å². The number of nitro benzene ring substituents is 1. The molecule has 1 heterocycles. The summed E-state index contributed by atoms with van der Waals surface area (Å²) in [7, 11) is 0. The van der Waals surface area contributed by atoms with Gasteiger partial charge in [0.1, 0.15) is 6.17 Å². The normalized spacial score (nSPS) is 19.1. The molecule has 1 aliphatic rings. The Balaban J connectivity index is 2.21. The second-order valence-electron chi connectivity index (χ2n) is 5.62. The van der Waals surface area contributed by atoms with Crippen molar-refractivity contribution in [3.8, 4) is 0 Å².